The maximum atomic E-state index is 12.9. The Hall–Kier alpha value is -3.00. The third-order valence-electron chi connectivity index (χ3n) is 5.10. The maximum absolute atomic E-state index is 12.9. The number of carbonyl (C=O) groups is 2. The number of ketones is 1. The smallest absolute Gasteiger partial charge is 0.295 e. The molecule has 0 aromatic carbocycles. The number of nitrogens with zero attached hydrogens (tertiary/aromatic N) is 5. The number of likely N-dealkylation sites (N-methyl/N-ethyl adjacent to an activating group) is 1. The van der Waals surface area contributed by atoms with Crippen molar-refractivity contribution >= 4 is 17.4 Å². The summed E-state index contributed by atoms with van der Waals surface area (Å²) in [4.78, 5) is 33.2. The molecule has 1 unspecified atom stereocenters. The summed E-state index contributed by atoms with van der Waals surface area (Å²) in [6, 6.07) is 2.85. The van der Waals surface area contributed by atoms with Gasteiger partial charge >= 0.3 is 0 Å². The first-order valence-corrected chi connectivity index (χ1v) is 9.07. The van der Waals surface area contributed by atoms with E-state index in [2.05, 4.69) is 10.1 Å². The monoisotopic (exact) mass is 383 g/mol. The van der Waals surface area contributed by atoms with Crippen LogP contribution in [0.4, 0.5) is 0 Å². The molecular weight excluding hydrogens is 358 g/mol. The van der Waals surface area contributed by atoms with Gasteiger partial charge in [-0.25, -0.2) is 0 Å². The molecule has 1 aliphatic rings. The minimum Gasteiger partial charge on any atom is -0.507 e. The molecule has 1 N–H and O–H groups in total. The van der Waals surface area contributed by atoms with Crippen molar-refractivity contribution in [3.63, 3.8) is 0 Å². The lowest BCUT2D eigenvalue weighted by Gasteiger charge is -2.26. The quantitative estimate of drug-likeness (QED) is 0.477. The first kappa shape index (κ1) is 19.8. The number of hydrogen-bond acceptors (Lipinski definition) is 6. The highest BCUT2D eigenvalue weighted by Crippen LogP contribution is 2.39. The number of likely N-dealkylation sites (tertiary alicyclic amines) is 1. The van der Waals surface area contributed by atoms with E-state index in [0.717, 1.165) is 11.3 Å². The Morgan fingerprint density at radius 3 is 2.39 bits per heavy atom. The molecular formula is C20H25N5O3. The SMILES string of the molecule is Cc1nn(C)c(C)c1/C(O)=C1\C(=O)C(=O)N(CCN(C)C)C1c1ccncc1. The van der Waals surface area contributed by atoms with Crippen LogP contribution >= 0.6 is 0 Å². The Bertz CT molecular complexity index is 946. The van der Waals surface area contributed by atoms with E-state index in [0.29, 0.717) is 24.3 Å². The molecule has 8 nitrogen and oxygen atoms in total. The number of carbonyl (C=O) groups excluding carboxylic acids is 2. The molecule has 8 heteroatoms. The van der Waals surface area contributed by atoms with E-state index in [4.69, 9.17) is 0 Å². The molecule has 2 aromatic heterocycles. The molecule has 0 spiro atoms. The topological polar surface area (TPSA) is 91.6 Å². The van der Waals surface area contributed by atoms with Gasteiger partial charge in [-0.2, -0.15) is 5.10 Å². The fourth-order valence-electron chi connectivity index (χ4n) is 3.56. The van der Waals surface area contributed by atoms with Crippen LogP contribution in [0.1, 0.15) is 28.6 Å². The molecule has 0 bridgehead atoms. The lowest BCUT2D eigenvalue weighted by Crippen LogP contribution is -2.35. The number of pyridine rings is 1. The van der Waals surface area contributed by atoms with E-state index in [-0.39, 0.29) is 11.3 Å². The second-order valence-electron chi connectivity index (χ2n) is 7.25. The second kappa shape index (κ2) is 7.55. The van der Waals surface area contributed by atoms with Crippen molar-refractivity contribution in [1.29, 1.82) is 0 Å². The fraction of sp³-hybridized carbons (Fsp3) is 0.400. The molecule has 148 valence electrons. The minimum atomic E-state index is -0.680. The van der Waals surface area contributed by atoms with Crippen LogP contribution in [0.15, 0.2) is 30.1 Å². The number of aryl methyl sites for hydroxylation is 2. The minimum absolute atomic E-state index is 0.0918. The average Bonchev–Trinajstić information content (AvgIpc) is 3.06. The summed E-state index contributed by atoms with van der Waals surface area (Å²) in [5, 5.41) is 15.4. The van der Waals surface area contributed by atoms with Gasteiger partial charge in [0.1, 0.15) is 5.76 Å². The van der Waals surface area contributed by atoms with Gasteiger partial charge in [-0.3, -0.25) is 19.3 Å². The summed E-state index contributed by atoms with van der Waals surface area (Å²) < 4.78 is 1.65. The van der Waals surface area contributed by atoms with Gasteiger partial charge in [-0.1, -0.05) is 0 Å². The molecule has 0 aliphatic carbocycles. The van der Waals surface area contributed by atoms with Crippen LogP contribution in [-0.2, 0) is 16.6 Å². The van der Waals surface area contributed by atoms with Gasteiger partial charge in [0.05, 0.1) is 22.9 Å². The standard InChI is InChI=1S/C20H25N5O3/c1-12-15(13(2)24(5)22-12)18(26)16-17(14-6-8-21-9-7-14)25(11-10-23(3)4)20(28)19(16)27/h6-9,17,26H,10-11H2,1-5H3/b18-16+. The fourth-order valence-corrected chi connectivity index (χ4v) is 3.56. The number of aliphatic hydroxyl groups excluding tert-OH is 1. The molecule has 1 saturated heterocycles. The molecule has 28 heavy (non-hydrogen) atoms. The Kier molecular flexibility index (Phi) is 5.33. The summed E-state index contributed by atoms with van der Waals surface area (Å²) in [5.41, 5.74) is 2.64. The molecule has 1 atom stereocenters. The largest absolute Gasteiger partial charge is 0.507 e. The van der Waals surface area contributed by atoms with Crippen LogP contribution in [0.3, 0.4) is 0 Å². The van der Waals surface area contributed by atoms with Gasteiger partial charge in [0.15, 0.2) is 0 Å². The van der Waals surface area contributed by atoms with Crippen LogP contribution in [0.25, 0.3) is 5.76 Å². The summed E-state index contributed by atoms with van der Waals surface area (Å²) in [5.74, 6) is -1.47. The van der Waals surface area contributed by atoms with E-state index >= 15 is 0 Å². The van der Waals surface area contributed by atoms with Crippen LogP contribution in [-0.4, -0.2) is 68.5 Å². The van der Waals surface area contributed by atoms with Crippen molar-refractivity contribution < 1.29 is 14.7 Å². The summed E-state index contributed by atoms with van der Waals surface area (Å²) in [7, 11) is 5.58. The third-order valence-corrected chi connectivity index (χ3v) is 5.10. The first-order valence-electron chi connectivity index (χ1n) is 9.07. The van der Waals surface area contributed by atoms with Crippen LogP contribution in [0.2, 0.25) is 0 Å². The van der Waals surface area contributed by atoms with E-state index < -0.39 is 17.7 Å². The van der Waals surface area contributed by atoms with E-state index in [1.165, 1.54) is 4.90 Å². The number of amides is 1. The van der Waals surface area contributed by atoms with Crippen molar-refractivity contribution in [2.24, 2.45) is 7.05 Å². The van der Waals surface area contributed by atoms with E-state index in [1.54, 1.807) is 43.2 Å². The molecule has 3 heterocycles. The Morgan fingerprint density at radius 1 is 1.21 bits per heavy atom. The lowest BCUT2D eigenvalue weighted by molar-refractivity contribution is -0.140. The average molecular weight is 383 g/mol. The highest BCUT2D eigenvalue weighted by molar-refractivity contribution is 6.46. The number of Topliss-reactive ketones (excluding diaryl/α,β-unsaturated/α-hetero) is 1. The van der Waals surface area contributed by atoms with Crippen LogP contribution < -0.4 is 0 Å². The third kappa shape index (κ3) is 3.31. The summed E-state index contributed by atoms with van der Waals surface area (Å²) in [6.07, 6.45) is 3.23. The predicted octanol–water partition coefficient (Wildman–Crippen LogP) is 1.42. The zero-order valence-electron chi connectivity index (χ0n) is 16.8. The Labute approximate surface area is 164 Å². The number of aromatic nitrogens is 3. The number of rotatable bonds is 5. The molecule has 0 radical (unpaired) electrons. The highest BCUT2D eigenvalue weighted by Gasteiger charge is 2.46. The number of aliphatic hydroxyl groups is 1. The highest BCUT2D eigenvalue weighted by atomic mass is 16.3. The van der Waals surface area contributed by atoms with Gasteiger partial charge in [-0.15, -0.1) is 0 Å². The zero-order valence-corrected chi connectivity index (χ0v) is 16.8. The molecule has 1 fully saturated rings. The van der Waals surface area contributed by atoms with Gasteiger partial charge in [0.25, 0.3) is 11.7 Å². The van der Waals surface area contributed by atoms with E-state index in [9.17, 15) is 14.7 Å². The van der Waals surface area contributed by atoms with Crippen molar-refractivity contribution in [2.45, 2.75) is 19.9 Å². The second-order valence-corrected chi connectivity index (χ2v) is 7.25. The van der Waals surface area contributed by atoms with Crippen LogP contribution in [0.5, 0.6) is 0 Å². The Balaban J connectivity index is 2.19. The summed E-state index contributed by atoms with van der Waals surface area (Å²) in [6.45, 7) is 4.55. The van der Waals surface area contributed by atoms with Crippen molar-refractivity contribution in [3.05, 3.63) is 52.6 Å². The zero-order chi connectivity index (χ0) is 20.6. The maximum Gasteiger partial charge on any atom is 0.295 e. The summed E-state index contributed by atoms with van der Waals surface area (Å²) >= 11 is 0. The molecule has 2 aromatic rings. The van der Waals surface area contributed by atoms with Crippen molar-refractivity contribution in [1.82, 2.24) is 24.6 Å². The predicted molar refractivity (Wildman–Crippen MR) is 104 cm³/mol. The molecule has 1 amide bonds. The first-order chi connectivity index (χ1) is 13.2. The Morgan fingerprint density at radius 2 is 1.86 bits per heavy atom. The molecule has 0 saturated carbocycles. The number of hydrogen-bond donors (Lipinski definition) is 1. The molecule has 1 aliphatic heterocycles. The van der Waals surface area contributed by atoms with Crippen LogP contribution in [0, 0.1) is 13.8 Å². The van der Waals surface area contributed by atoms with Gasteiger partial charge in [0.2, 0.25) is 0 Å². The van der Waals surface area contributed by atoms with E-state index in [1.807, 2.05) is 25.9 Å². The lowest BCUT2D eigenvalue weighted by atomic mass is 9.95. The van der Waals surface area contributed by atoms with Gasteiger partial charge in [0, 0.05) is 38.2 Å². The van der Waals surface area contributed by atoms with Crippen molar-refractivity contribution in [3.8, 4) is 0 Å². The molecule has 3 rings (SSSR count). The van der Waals surface area contributed by atoms with Gasteiger partial charge < -0.3 is 14.9 Å². The van der Waals surface area contributed by atoms with Crippen molar-refractivity contribution in [2.75, 3.05) is 27.2 Å². The normalized spacial score (nSPS) is 19.1. The van der Waals surface area contributed by atoms with Gasteiger partial charge in [-0.05, 0) is 45.6 Å².